The van der Waals surface area contributed by atoms with E-state index in [1.807, 2.05) is 18.4 Å². The van der Waals surface area contributed by atoms with Crippen molar-refractivity contribution >= 4 is 34.5 Å². The number of hydrogen-bond acceptors (Lipinski definition) is 4. The van der Waals surface area contributed by atoms with Gasteiger partial charge in [0.25, 0.3) is 5.91 Å². The van der Waals surface area contributed by atoms with E-state index in [0.29, 0.717) is 10.6 Å². The van der Waals surface area contributed by atoms with Crippen molar-refractivity contribution in [3.63, 3.8) is 0 Å². The molecule has 2 rings (SSSR count). The summed E-state index contributed by atoms with van der Waals surface area (Å²) in [5.41, 5.74) is 1.34. The van der Waals surface area contributed by atoms with Crippen molar-refractivity contribution in [2.75, 3.05) is 19.4 Å². The minimum atomic E-state index is -0.111. The number of thiazole rings is 1. The van der Waals surface area contributed by atoms with Gasteiger partial charge in [-0.15, -0.1) is 11.3 Å². The highest BCUT2D eigenvalue weighted by Gasteiger charge is 2.14. The molecule has 1 amide bonds. The molecule has 0 aliphatic heterocycles. The fraction of sp³-hybridized carbons (Fsp3) is 0.286. The van der Waals surface area contributed by atoms with Gasteiger partial charge in [-0.25, -0.2) is 4.98 Å². The lowest BCUT2D eigenvalue weighted by atomic mass is 10.1. The Kier molecular flexibility index (Phi) is 4.62. The lowest BCUT2D eigenvalue weighted by Gasteiger charge is -2.16. The summed E-state index contributed by atoms with van der Waals surface area (Å²) in [7, 11) is 3.41. The molecule has 2 aromatic rings. The number of carbonyl (C=O) groups excluding carboxylic acids is 1. The van der Waals surface area contributed by atoms with Crippen LogP contribution in [0.2, 0.25) is 5.02 Å². The van der Waals surface area contributed by atoms with Gasteiger partial charge in [0.05, 0.1) is 16.6 Å². The van der Waals surface area contributed by atoms with Crippen LogP contribution in [0.5, 0.6) is 0 Å². The third-order valence-electron chi connectivity index (χ3n) is 2.81. The maximum atomic E-state index is 12.0. The number of nitrogens with one attached hydrogen (secondary N) is 1. The van der Waals surface area contributed by atoms with Gasteiger partial charge >= 0.3 is 0 Å². The van der Waals surface area contributed by atoms with Gasteiger partial charge in [-0.2, -0.15) is 0 Å². The zero-order chi connectivity index (χ0) is 14.7. The van der Waals surface area contributed by atoms with Crippen LogP contribution in [-0.2, 0) is 0 Å². The van der Waals surface area contributed by atoms with Gasteiger partial charge in [0, 0.05) is 31.4 Å². The summed E-state index contributed by atoms with van der Waals surface area (Å²) in [5, 5.41) is 6.72. The van der Waals surface area contributed by atoms with Crippen LogP contribution in [0.3, 0.4) is 0 Å². The fourth-order valence-corrected chi connectivity index (χ4v) is 2.62. The second-order valence-electron chi connectivity index (χ2n) is 4.63. The second kappa shape index (κ2) is 6.24. The molecule has 6 heteroatoms. The smallest absolute Gasteiger partial charge is 0.254 e. The minimum absolute atomic E-state index is 0.0819. The highest BCUT2D eigenvalue weighted by Crippen LogP contribution is 2.25. The second-order valence-corrected chi connectivity index (χ2v) is 5.96. The van der Waals surface area contributed by atoms with Crippen LogP contribution < -0.4 is 5.32 Å². The van der Waals surface area contributed by atoms with Crippen molar-refractivity contribution in [2.24, 2.45) is 0 Å². The Labute approximate surface area is 127 Å². The van der Waals surface area contributed by atoms with E-state index in [9.17, 15) is 4.79 Å². The molecule has 106 valence electrons. The van der Waals surface area contributed by atoms with Crippen molar-refractivity contribution in [3.05, 3.63) is 45.4 Å². The molecule has 20 heavy (non-hydrogen) atoms. The van der Waals surface area contributed by atoms with E-state index in [1.54, 1.807) is 43.8 Å². The van der Waals surface area contributed by atoms with E-state index in [2.05, 4.69) is 10.3 Å². The maximum Gasteiger partial charge on any atom is 0.254 e. The molecular weight excluding hydrogens is 294 g/mol. The fourth-order valence-electron chi connectivity index (χ4n) is 1.78. The zero-order valence-corrected chi connectivity index (χ0v) is 13.1. The summed E-state index contributed by atoms with van der Waals surface area (Å²) in [6.45, 7) is 2.03. The van der Waals surface area contributed by atoms with Gasteiger partial charge in [0.15, 0.2) is 0 Å². The van der Waals surface area contributed by atoms with E-state index in [1.165, 1.54) is 4.90 Å². The average Bonchev–Trinajstić information content (AvgIpc) is 2.94. The SMILES string of the molecule is CC(Nc1ccc(Cl)c(C(=O)N(C)C)c1)c1nccs1. The first-order valence-electron chi connectivity index (χ1n) is 6.16. The first-order chi connectivity index (χ1) is 9.49. The highest BCUT2D eigenvalue weighted by atomic mass is 35.5. The number of carbonyl (C=O) groups is 1. The van der Waals surface area contributed by atoms with Gasteiger partial charge in [-0.3, -0.25) is 4.79 Å². The molecule has 1 unspecified atom stereocenters. The van der Waals surface area contributed by atoms with Gasteiger partial charge in [-0.1, -0.05) is 11.6 Å². The summed E-state index contributed by atoms with van der Waals surface area (Å²) in [6.07, 6.45) is 1.78. The molecule has 0 aliphatic rings. The predicted molar refractivity (Wildman–Crippen MR) is 83.6 cm³/mol. The Bertz CT molecular complexity index is 598. The van der Waals surface area contributed by atoms with Crippen molar-refractivity contribution in [1.29, 1.82) is 0 Å². The van der Waals surface area contributed by atoms with Gasteiger partial charge < -0.3 is 10.2 Å². The number of amides is 1. The Morgan fingerprint density at radius 1 is 1.45 bits per heavy atom. The average molecular weight is 310 g/mol. The van der Waals surface area contributed by atoms with Crippen LogP contribution >= 0.6 is 22.9 Å². The molecule has 0 aliphatic carbocycles. The van der Waals surface area contributed by atoms with Crippen LogP contribution in [-0.4, -0.2) is 29.9 Å². The van der Waals surface area contributed by atoms with E-state index >= 15 is 0 Å². The summed E-state index contributed by atoms with van der Waals surface area (Å²) in [4.78, 5) is 17.8. The van der Waals surface area contributed by atoms with Crippen LogP contribution in [0.15, 0.2) is 29.8 Å². The molecule has 0 radical (unpaired) electrons. The topological polar surface area (TPSA) is 45.2 Å². The van der Waals surface area contributed by atoms with Gasteiger partial charge in [0.2, 0.25) is 0 Å². The highest BCUT2D eigenvalue weighted by molar-refractivity contribution is 7.09. The van der Waals surface area contributed by atoms with E-state index in [4.69, 9.17) is 11.6 Å². The number of rotatable bonds is 4. The molecular formula is C14H16ClN3OS. The number of hydrogen-bond donors (Lipinski definition) is 1. The van der Waals surface area contributed by atoms with E-state index in [0.717, 1.165) is 10.7 Å². The Morgan fingerprint density at radius 2 is 2.20 bits per heavy atom. The molecule has 1 heterocycles. The van der Waals surface area contributed by atoms with E-state index in [-0.39, 0.29) is 11.9 Å². The summed E-state index contributed by atoms with van der Waals surface area (Å²) in [5.74, 6) is -0.111. The van der Waals surface area contributed by atoms with Crippen LogP contribution in [0.4, 0.5) is 5.69 Å². The first kappa shape index (κ1) is 14.8. The number of anilines is 1. The molecule has 0 saturated heterocycles. The summed E-state index contributed by atoms with van der Waals surface area (Å²) < 4.78 is 0. The van der Waals surface area contributed by atoms with Crippen molar-refractivity contribution in [2.45, 2.75) is 13.0 Å². The molecule has 1 atom stereocenters. The van der Waals surface area contributed by atoms with Crippen LogP contribution in [0.25, 0.3) is 0 Å². The van der Waals surface area contributed by atoms with E-state index < -0.39 is 0 Å². The Morgan fingerprint density at radius 3 is 2.80 bits per heavy atom. The molecule has 0 saturated carbocycles. The molecule has 1 aromatic carbocycles. The monoisotopic (exact) mass is 309 g/mol. The number of halogens is 1. The lowest BCUT2D eigenvalue weighted by molar-refractivity contribution is 0.0828. The predicted octanol–water partition coefficient (Wildman–Crippen LogP) is 3.67. The molecule has 1 aromatic heterocycles. The molecule has 0 bridgehead atoms. The molecule has 0 spiro atoms. The molecule has 0 fully saturated rings. The number of benzene rings is 1. The Hall–Kier alpha value is -1.59. The number of aromatic nitrogens is 1. The quantitative estimate of drug-likeness (QED) is 0.937. The minimum Gasteiger partial charge on any atom is -0.376 e. The standard InChI is InChI=1S/C14H16ClN3OS/c1-9(13-16-6-7-20-13)17-10-4-5-12(15)11(8-10)14(19)18(2)3/h4-9,17H,1-3H3. The molecule has 1 N–H and O–H groups in total. The van der Waals surface area contributed by atoms with Crippen molar-refractivity contribution in [1.82, 2.24) is 9.88 Å². The third kappa shape index (κ3) is 3.29. The first-order valence-corrected chi connectivity index (χ1v) is 7.42. The van der Waals surface area contributed by atoms with Gasteiger partial charge in [-0.05, 0) is 25.1 Å². The lowest BCUT2D eigenvalue weighted by Crippen LogP contribution is -2.22. The van der Waals surface area contributed by atoms with Crippen molar-refractivity contribution < 1.29 is 4.79 Å². The zero-order valence-electron chi connectivity index (χ0n) is 11.6. The van der Waals surface area contributed by atoms with Gasteiger partial charge in [0.1, 0.15) is 5.01 Å². The summed E-state index contributed by atoms with van der Waals surface area (Å²) >= 11 is 7.68. The maximum absolute atomic E-state index is 12.0. The Balaban J connectivity index is 2.21. The van der Waals surface area contributed by atoms with Crippen LogP contribution in [0.1, 0.15) is 28.3 Å². The number of nitrogens with zero attached hydrogens (tertiary/aromatic N) is 2. The normalized spacial score (nSPS) is 12.0. The largest absolute Gasteiger partial charge is 0.376 e. The van der Waals surface area contributed by atoms with Crippen molar-refractivity contribution in [3.8, 4) is 0 Å². The summed E-state index contributed by atoms with van der Waals surface area (Å²) in [6, 6.07) is 5.45. The third-order valence-corrected chi connectivity index (χ3v) is 4.10. The van der Waals surface area contributed by atoms with Crippen LogP contribution in [0, 0.1) is 0 Å². The molecule has 4 nitrogen and oxygen atoms in total.